The maximum absolute atomic E-state index is 5.69. The molecule has 0 aliphatic rings. The minimum Gasteiger partial charge on any atom is -0.370 e. The quantitative estimate of drug-likeness (QED) is 0.175. The Morgan fingerprint density at radius 1 is 1.37 bits per heavy atom. The molecule has 1 aromatic heterocycles. The molecule has 0 amide bonds. The molecule has 0 atom stereocenters. The van der Waals surface area contributed by atoms with Gasteiger partial charge in [-0.3, -0.25) is 9.98 Å². The van der Waals surface area contributed by atoms with Gasteiger partial charge in [-0.25, -0.2) is 10.4 Å². The third kappa shape index (κ3) is 7.68. The molecule has 7 N–H and O–H groups in total. The topological polar surface area (TPSA) is 126 Å². The van der Waals surface area contributed by atoms with Gasteiger partial charge in [-0.05, 0) is 12.1 Å². The number of aromatic nitrogens is 1. The summed E-state index contributed by atoms with van der Waals surface area (Å²) in [7, 11) is 0. The third-order valence-electron chi connectivity index (χ3n) is 1.96. The highest BCUT2D eigenvalue weighted by molar-refractivity contribution is 5.91. The first-order valence-corrected chi connectivity index (χ1v) is 5.97. The average molecular weight is 264 g/mol. The van der Waals surface area contributed by atoms with E-state index in [1.807, 2.05) is 18.2 Å². The van der Waals surface area contributed by atoms with Gasteiger partial charge in [0.15, 0.2) is 5.96 Å². The van der Waals surface area contributed by atoms with Crippen molar-refractivity contribution in [1.29, 1.82) is 0 Å². The zero-order chi connectivity index (χ0) is 13.8. The molecule has 0 aliphatic heterocycles. The highest BCUT2D eigenvalue weighted by atomic mass is 15.4. The molecule has 0 radical (unpaired) electrons. The summed E-state index contributed by atoms with van der Waals surface area (Å²) in [5.41, 5.74) is 16.6. The molecule has 0 fully saturated rings. The van der Waals surface area contributed by atoms with E-state index in [0.29, 0.717) is 38.0 Å². The van der Waals surface area contributed by atoms with Crippen LogP contribution in [0.25, 0.3) is 0 Å². The van der Waals surface area contributed by atoms with Crippen molar-refractivity contribution in [3.8, 4) is 0 Å². The summed E-state index contributed by atoms with van der Waals surface area (Å²) in [6.45, 7) is 2.30. The Morgan fingerprint density at radius 2 is 2.26 bits per heavy atom. The van der Waals surface area contributed by atoms with Gasteiger partial charge in [-0.1, -0.05) is 6.07 Å². The summed E-state index contributed by atoms with van der Waals surface area (Å²) in [5, 5.41) is 2.88. The van der Waals surface area contributed by atoms with E-state index in [0.717, 1.165) is 0 Å². The molecule has 0 spiro atoms. The molecule has 1 heterocycles. The van der Waals surface area contributed by atoms with E-state index < -0.39 is 0 Å². The second kappa shape index (κ2) is 9.80. The van der Waals surface area contributed by atoms with Gasteiger partial charge in [0, 0.05) is 19.3 Å². The summed E-state index contributed by atoms with van der Waals surface area (Å²) >= 11 is 0. The lowest BCUT2D eigenvalue weighted by atomic mass is 10.5. The zero-order valence-corrected chi connectivity index (χ0v) is 10.7. The highest BCUT2D eigenvalue weighted by Crippen LogP contribution is 1.98. The molecule has 1 aromatic rings. The monoisotopic (exact) mass is 264 g/mol. The number of rotatable bonds is 8. The number of nitrogens with zero attached hydrogens (tertiary/aromatic N) is 3. The van der Waals surface area contributed by atoms with Crippen molar-refractivity contribution >= 4 is 18.1 Å². The summed E-state index contributed by atoms with van der Waals surface area (Å²) in [5.74, 6) is 0.989. The van der Waals surface area contributed by atoms with Crippen LogP contribution in [0.4, 0.5) is 5.82 Å². The minimum absolute atomic E-state index is 0.322. The molecule has 1 rings (SSSR count). The smallest absolute Gasteiger partial charge is 0.194 e. The van der Waals surface area contributed by atoms with Crippen molar-refractivity contribution in [1.82, 2.24) is 15.8 Å². The van der Waals surface area contributed by atoms with Gasteiger partial charge in [-0.15, -0.1) is 0 Å². The Hall–Kier alpha value is -2.19. The molecule has 0 aromatic carbocycles. The van der Waals surface area contributed by atoms with Crippen molar-refractivity contribution < 1.29 is 0 Å². The van der Waals surface area contributed by atoms with Gasteiger partial charge in [-0.2, -0.15) is 0 Å². The number of nitrogens with one attached hydrogen (secondary N) is 3. The Morgan fingerprint density at radius 3 is 3.00 bits per heavy atom. The first-order chi connectivity index (χ1) is 9.33. The van der Waals surface area contributed by atoms with E-state index in [4.69, 9.17) is 11.5 Å². The van der Waals surface area contributed by atoms with Crippen LogP contribution in [0.3, 0.4) is 0 Å². The standard InChI is InChI=1S/C11H20N8/c12-4-6-17-18-9-14-7-8-16-11(13)19-10-3-1-2-5-15-10/h1-3,5,9,17H,4,6-8,12H2,(H,14,18)(H3,13,15,16,19). The van der Waals surface area contributed by atoms with Crippen LogP contribution in [-0.4, -0.2) is 43.5 Å². The number of guanidine groups is 1. The van der Waals surface area contributed by atoms with Gasteiger partial charge in [0.05, 0.1) is 19.4 Å². The van der Waals surface area contributed by atoms with Crippen LogP contribution in [0.15, 0.2) is 34.4 Å². The summed E-state index contributed by atoms with van der Waals surface area (Å²) < 4.78 is 0. The normalized spacial score (nSPS) is 11.7. The highest BCUT2D eigenvalue weighted by Gasteiger charge is 1.93. The van der Waals surface area contributed by atoms with E-state index in [2.05, 4.69) is 31.1 Å². The zero-order valence-electron chi connectivity index (χ0n) is 10.7. The van der Waals surface area contributed by atoms with Crippen LogP contribution in [0.2, 0.25) is 0 Å². The van der Waals surface area contributed by atoms with Crippen LogP contribution in [0.5, 0.6) is 0 Å². The maximum atomic E-state index is 5.69. The minimum atomic E-state index is 0.322. The van der Waals surface area contributed by atoms with Gasteiger partial charge in [0.1, 0.15) is 5.82 Å². The number of pyridine rings is 1. The number of hydrogen-bond donors (Lipinski definition) is 5. The molecular formula is C11H20N8. The first kappa shape index (κ1) is 14.9. The second-order valence-electron chi connectivity index (χ2n) is 3.50. The summed E-state index contributed by atoms with van der Waals surface area (Å²) in [4.78, 5) is 12.3. The molecule has 0 saturated carbocycles. The number of anilines is 1. The lowest BCUT2D eigenvalue weighted by Gasteiger charge is -2.03. The molecular weight excluding hydrogens is 244 g/mol. The van der Waals surface area contributed by atoms with E-state index in [-0.39, 0.29) is 0 Å². The fraction of sp³-hybridized carbons (Fsp3) is 0.364. The number of nitrogens with two attached hydrogens (primary N) is 2. The maximum Gasteiger partial charge on any atom is 0.194 e. The summed E-state index contributed by atoms with van der Waals surface area (Å²) in [6.07, 6.45) is 3.24. The Kier molecular flexibility index (Phi) is 7.67. The van der Waals surface area contributed by atoms with Gasteiger partial charge in [0.2, 0.25) is 0 Å². The fourth-order valence-corrected chi connectivity index (χ4v) is 1.14. The van der Waals surface area contributed by atoms with Crippen molar-refractivity contribution in [2.75, 3.05) is 31.5 Å². The van der Waals surface area contributed by atoms with Crippen LogP contribution < -0.4 is 27.6 Å². The largest absolute Gasteiger partial charge is 0.370 e. The van der Waals surface area contributed by atoms with Gasteiger partial charge in [0.25, 0.3) is 0 Å². The van der Waals surface area contributed by atoms with Crippen LogP contribution in [-0.2, 0) is 0 Å². The van der Waals surface area contributed by atoms with Crippen LogP contribution in [0.1, 0.15) is 0 Å². The molecule has 8 heteroatoms. The van der Waals surface area contributed by atoms with E-state index in [9.17, 15) is 0 Å². The predicted octanol–water partition coefficient (Wildman–Crippen LogP) is -1.11. The number of aliphatic imine (C=N–C) groups is 2. The van der Waals surface area contributed by atoms with E-state index in [1.54, 1.807) is 12.5 Å². The van der Waals surface area contributed by atoms with Crippen LogP contribution >= 0.6 is 0 Å². The molecule has 8 nitrogen and oxygen atoms in total. The van der Waals surface area contributed by atoms with Crippen molar-refractivity contribution in [3.63, 3.8) is 0 Å². The Balaban J connectivity index is 2.14. The Bertz CT molecular complexity index is 389. The number of hydrazine groups is 1. The Labute approximate surface area is 112 Å². The lowest BCUT2D eigenvalue weighted by molar-refractivity contribution is 0.664. The van der Waals surface area contributed by atoms with Crippen molar-refractivity contribution in [3.05, 3.63) is 24.4 Å². The lowest BCUT2D eigenvalue weighted by Crippen LogP contribution is -2.34. The van der Waals surface area contributed by atoms with E-state index in [1.165, 1.54) is 0 Å². The molecule has 0 aliphatic carbocycles. The molecule has 0 bridgehead atoms. The first-order valence-electron chi connectivity index (χ1n) is 5.97. The van der Waals surface area contributed by atoms with Crippen molar-refractivity contribution in [2.45, 2.75) is 0 Å². The molecule has 0 saturated heterocycles. The molecule has 0 unspecified atom stereocenters. The predicted molar refractivity (Wildman–Crippen MR) is 77.9 cm³/mol. The molecule has 19 heavy (non-hydrogen) atoms. The average Bonchev–Trinajstić information content (AvgIpc) is 2.43. The fourth-order valence-electron chi connectivity index (χ4n) is 1.14. The third-order valence-corrected chi connectivity index (χ3v) is 1.96. The molecule has 104 valence electrons. The van der Waals surface area contributed by atoms with Crippen LogP contribution in [0, 0.1) is 0 Å². The number of hydrogen-bond acceptors (Lipinski definition) is 5. The van der Waals surface area contributed by atoms with Gasteiger partial charge >= 0.3 is 0 Å². The summed E-state index contributed by atoms with van der Waals surface area (Å²) in [6, 6.07) is 5.51. The SMILES string of the molecule is NCCNNC=NCCN=C(N)Nc1ccccn1. The second-order valence-corrected chi connectivity index (χ2v) is 3.50. The van der Waals surface area contributed by atoms with Gasteiger partial charge < -0.3 is 22.2 Å². The van der Waals surface area contributed by atoms with E-state index >= 15 is 0 Å². The van der Waals surface area contributed by atoms with Crippen molar-refractivity contribution in [2.24, 2.45) is 21.5 Å².